The van der Waals surface area contributed by atoms with Gasteiger partial charge in [0.25, 0.3) is 0 Å². The van der Waals surface area contributed by atoms with Crippen LogP contribution in [-0.2, 0) is 0 Å². The van der Waals surface area contributed by atoms with Crippen molar-refractivity contribution < 1.29 is 13.2 Å². The van der Waals surface area contributed by atoms with Crippen LogP contribution in [0.25, 0.3) is 0 Å². The van der Waals surface area contributed by atoms with Crippen LogP contribution in [0.5, 0.6) is 0 Å². The van der Waals surface area contributed by atoms with Crippen LogP contribution in [0.3, 0.4) is 0 Å². The van der Waals surface area contributed by atoms with Crippen LogP contribution in [0.4, 0.5) is 13.2 Å². The molecule has 0 unspecified atom stereocenters. The van der Waals surface area contributed by atoms with Gasteiger partial charge in [0.1, 0.15) is 6.54 Å². The Kier molecular flexibility index (Phi) is 7.64. The Bertz CT molecular complexity index is 372. The first-order valence-corrected chi connectivity index (χ1v) is 5.96. The maximum absolute atomic E-state index is 11.9. The van der Waals surface area contributed by atoms with E-state index in [1.165, 1.54) is 6.20 Å². The molecule has 0 saturated carbocycles. The van der Waals surface area contributed by atoms with Crippen LogP contribution in [0, 0.1) is 5.41 Å². The molecule has 102 valence electrons. The number of allylic oxidation sites excluding steroid dienone is 2. The number of halogens is 4. The predicted octanol–water partition coefficient (Wildman–Crippen LogP) is 2.37. The molecular weight excluding hydrogens is 360 g/mol. The zero-order chi connectivity index (χ0) is 14.2. The normalized spacial score (nSPS) is 14.1. The minimum Gasteiger partial charge on any atom is -0.404 e. The van der Waals surface area contributed by atoms with Crippen molar-refractivity contribution in [2.45, 2.75) is 12.6 Å². The molecule has 0 aromatic carbocycles. The summed E-state index contributed by atoms with van der Waals surface area (Å²) in [5.41, 5.74) is 6.35. The van der Waals surface area contributed by atoms with Crippen molar-refractivity contribution in [2.75, 3.05) is 13.6 Å². The maximum atomic E-state index is 11.9. The SMILES string of the molecule is CN/C=C(/CC(C=NCC(F)(F)F)=CN)C(=N)I. The van der Waals surface area contributed by atoms with Crippen LogP contribution in [0.1, 0.15) is 6.42 Å². The molecule has 0 spiro atoms. The quantitative estimate of drug-likeness (QED) is 0.493. The molecule has 0 atom stereocenters. The highest BCUT2D eigenvalue weighted by molar-refractivity contribution is 14.1. The Morgan fingerprint density at radius 1 is 1.50 bits per heavy atom. The second-order valence-corrected chi connectivity index (χ2v) is 4.35. The van der Waals surface area contributed by atoms with Gasteiger partial charge in [-0.05, 0) is 34.4 Å². The second kappa shape index (κ2) is 8.11. The van der Waals surface area contributed by atoms with Gasteiger partial charge in [-0.3, -0.25) is 10.4 Å². The number of hydrogen-bond donors (Lipinski definition) is 3. The first kappa shape index (κ1) is 16.9. The molecule has 0 aliphatic rings. The topological polar surface area (TPSA) is 74.3 Å². The molecule has 0 aliphatic heterocycles. The van der Waals surface area contributed by atoms with Crippen molar-refractivity contribution >= 4 is 32.5 Å². The zero-order valence-corrected chi connectivity index (χ0v) is 11.8. The van der Waals surface area contributed by atoms with Gasteiger partial charge < -0.3 is 11.1 Å². The van der Waals surface area contributed by atoms with Gasteiger partial charge in [0.15, 0.2) is 0 Å². The molecule has 0 saturated heterocycles. The summed E-state index contributed by atoms with van der Waals surface area (Å²) < 4.78 is 36.0. The maximum Gasteiger partial charge on any atom is 0.407 e. The highest BCUT2D eigenvalue weighted by Gasteiger charge is 2.25. The number of nitrogens with two attached hydrogens (primary N) is 1. The van der Waals surface area contributed by atoms with E-state index in [4.69, 9.17) is 11.1 Å². The molecule has 0 amide bonds. The van der Waals surface area contributed by atoms with Gasteiger partial charge in [0.2, 0.25) is 0 Å². The van der Waals surface area contributed by atoms with Crippen molar-refractivity contribution in [1.29, 1.82) is 5.41 Å². The molecule has 0 aliphatic carbocycles. The molecule has 0 rings (SSSR count). The molecule has 0 heterocycles. The average Bonchev–Trinajstić information content (AvgIpc) is 2.24. The van der Waals surface area contributed by atoms with Crippen molar-refractivity contribution in [1.82, 2.24) is 5.32 Å². The van der Waals surface area contributed by atoms with Crippen molar-refractivity contribution in [3.8, 4) is 0 Å². The van der Waals surface area contributed by atoms with E-state index in [0.29, 0.717) is 11.1 Å². The smallest absolute Gasteiger partial charge is 0.404 e. The van der Waals surface area contributed by atoms with Crippen molar-refractivity contribution in [2.24, 2.45) is 10.7 Å². The molecule has 0 aromatic rings. The van der Waals surface area contributed by atoms with Gasteiger partial charge in [-0.2, -0.15) is 13.2 Å². The lowest BCUT2D eigenvalue weighted by Crippen LogP contribution is -2.12. The second-order valence-electron chi connectivity index (χ2n) is 3.28. The van der Waals surface area contributed by atoms with Gasteiger partial charge in [0, 0.05) is 31.5 Å². The minimum absolute atomic E-state index is 0.250. The van der Waals surface area contributed by atoms with E-state index in [9.17, 15) is 13.2 Å². The van der Waals surface area contributed by atoms with Crippen molar-refractivity contribution in [3.63, 3.8) is 0 Å². The Labute approximate surface area is 117 Å². The molecule has 4 N–H and O–H groups in total. The lowest BCUT2D eigenvalue weighted by molar-refractivity contribution is -0.118. The van der Waals surface area contributed by atoms with E-state index in [1.807, 2.05) is 22.6 Å². The highest BCUT2D eigenvalue weighted by atomic mass is 127. The van der Waals surface area contributed by atoms with E-state index < -0.39 is 12.7 Å². The van der Waals surface area contributed by atoms with Gasteiger partial charge in [0.05, 0.1) is 3.72 Å². The van der Waals surface area contributed by atoms with Gasteiger partial charge in [-0.15, -0.1) is 0 Å². The summed E-state index contributed by atoms with van der Waals surface area (Å²) in [6, 6.07) is 0. The molecular formula is C10H14F3IN4. The third kappa shape index (κ3) is 8.09. The Hall–Kier alpha value is -1.06. The largest absolute Gasteiger partial charge is 0.407 e. The summed E-state index contributed by atoms with van der Waals surface area (Å²) in [6.07, 6.45) is -0.217. The average molecular weight is 374 g/mol. The van der Waals surface area contributed by atoms with Crippen LogP contribution in [-0.4, -0.2) is 29.7 Å². The van der Waals surface area contributed by atoms with E-state index in [1.54, 1.807) is 13.2 Å². The standard InChI is InChI=1S/C10H14F3IN4/c1-17-5-8(9(14)16)2-7(3-15)4-18-6-10(11,12)13/h3-5,16-17H,2,6,15H2,1H3/b7-3?,8-5-,16-9?,18-4?. The summed E-state index contributed by atoms with van der Waals surface area (Å²) in [5.74, 6) is 0. The number of aliphatic imine (C=N–C) groups is 1. The fourth-order valence-electron chi connectivity index (χ4n) is 1.00. The monoisotopic (exact) mass is 374 g/mol. The molecule has 18 heavy (non-hydrogen) atoms. The number of hydrogen-bond acceptors (Lipinski definition) is 4. The Morgan fingerprint density at radius 3 is 2.50 bits per heavy atom. The summed E-state index contributed by atoms with van der Waals surface area (Å²) in [4.78, 5) is 3.27. The third-order valence-electron chi connectivity index (χ3n) is 1.74. The first-order chi connectivity index (χ1) is 8.30. The van der Waals surface area contributed by atoms with E-state index in [2.05, 4.69) is 10.3 Å². The van der Waals surface area contributed by atoms with Crippen LogP contribution in [0.2, 0.25) is 0 Å². The van der Waals surface area contributed by atoms with E-state index in [0.717, 1.165) is 6.21 Å². The van der Waals surface area contributed by atoms with E-state index >= 15 is 0 Å². The van der Waals surface area contributed by atoms with Gasteiger partial charge >= 0.3 is 6.18 Å². The summed E-state index contributed by atoms with van der Waals surface area (Å²) in [6.45, 7) is -1.24. The van der Waals surface area contributed by atoms with Crippen LogP contribution in [0.15, 0.2) is 28.5 Å². The van der Waals surface area contributed by atoms with Crippen LogP contribution < -0.4 is 11.1 Å². The summed E-state index contributed by atoms with van der Waals surface area (Å²) in [7, 11) is 1.67. The molecule has 0 bridgehead atoms. The minimum atomic E-state index is -4.32. The molecule has 8 heteroatoms. The fraction of sp³-hybridized carbons (Fsp3) is 0.400. The Balaban J connectivity index is 4.63. The summed E-state index contributed by atoms with van der Waals surface area (Å²) >= 11 is 1.81. The zero-order valence-electron chi connectivity index (χ0n) is 9.68. The Morgan fingerprint density at radius 2 is 2.11 bits per heavy atom. The van der Waals surface area contributed by atoms with Gasteiger partial charge in [-0.1, -0.05) is 0 Å². The van der Waals surface area contributed by atoms with E-state index in [-0.39, 0.29) is 10.1 Å². The third-order valence-corrected chi connectivity index (χ3v) is 2.43. The van der Waals surface area contributed by atoms with Gasteiger partial charge in [-0.25, -0.2) is 0 Å². The molecule has 4 nitrogen and oxygen atoms in total. The molecule has 0 radical (unpaired) electrons. The van der Waals surface area contributed by atoms with Crippen LogP contribution >= 0.6 is 22.6 Å². The number of nitrogens with zero attached hydrogens (tertiary/aromatic N) is 1. The first-order valence-electron chi connectivity index (χ1n) is 4.88. The lowest BCUT2D eigenvalue weighted by atomic mass is 10.1. The predicted molar refractivity (Wildman–Crippen MR) is 75.2 cm³/mol. The fourth-order valence-corrected chi connectivity index (χ4v) is 1.35. The number of alkyl halides is 3. The summed E-state index contributed by atoms with van der Waals surface area (Å²) in [5, 5.41) is 10.2. The number of nitrogens with one attached hydrogen (secondary N) is 2. The van der Waals surface area contributed by atoms with Crippen molar-refractivity contribution in [3.05, 3.63) is 23.5 Å². The number of rotatable bonds is 6. The lowest BCUT2D eigenvalue weighted by Gasteiger charge is -2.06. The molecule has 0 aromatic heterocycles. The molecule has 0 fully saturated rings. The highest BCUT2D eigenvalue weighted by Crippen LogP contribution is 2.16.